The van der Waals surface area contributed by atoms with Gasteiger partial charge in [0.25, 0.3) is 0 Å². The van der Waals surface area contributed by atoms with Crippen molar-refractivity contribution in [3.8, 4) is 5.75 Å². The van der Waals surface area contributed by atoms with E-state index in [2.05, 4.69) is 22.1 Å². The Hall–Kier alpha value is -1.85. The van der Waals surface area contributed by atoms with Crippen LogP contribution in [0.4, 0.5) is 0 Å². The highest BCUT2D eigenvalue weighted by Crippen LogP contribution is 2.33. The molecule has 1 saturated heterocycles. The Labute approximate surface area is 131 Å². The Morgan fingerprint density at radius 2 is 2.23 bits per heavy atom. The number of aliphatic hydroxyl groups excluding tert-OH is 1. The van der Waals surface area contributed by atoms with Crippen LogP contribution in [0, 0.1) is 0 Å². The maximum atomic E-state index is 10.1. The number of likely N-dealkylation sites (tertiary alicyclic amines) is 1. The first kappa shape index (κ1) is 15.1. The van der Waals surface area contributed by atoms with Gasteiger partial charge in [-0.2, -0.15) is 5.10 Å². The Morgan fingerprint density at radius 3 is 2.95 bits per heavy atom. The monoisotopic (exact) mass is 301 g/mol. The smallest absolute Gasteiger partial charge is 0.119 e. The molecule has 118 valence electrons. The third kappa shape index (κ3) is 3.15. The van der Waals surface area contributed by atoms with E-state index in [0.29, 0.717) is 0 Å². The van der Waals surface area contributed by atoms with Crippen molar-refractivity contribution in [2.75, 3.05) is 20.2 Å². The van der Waals surface area contributed by atoms with Crippen LogP contribution in [0.2, 0.25) is 0 Å². The van der Waals surface area contributed by atoms with Gasteiger partial charge in [0.1, 0.15) is 5.75 Å². The molecule has 0 amide bonds. The van der Waals surface area contributed by atoms with Gasteiger partial charge in [-0.3, -0.25) is 9.58 Å². The third-order valence-corrected chi connectivity index (χ3v) is 4.44. The molecular weight excluding hydrogens is 278 g/mol. The van der Waals surface area contributed by atoms with E-state index in [4.69, 9.17) is 4.74 Å². The van der Waals surface area contributed by atoms with Crippen molar-refractivity contribution in [3.05, 3.63) is 47.8 Å². The van der Waals surface area contributed by atoms with Crippen molar-refractivity contribution in [2.45, 2.75) is 25.0 Å². The molecular formula is C17H23N3O2. The third-order valence-electron chi connectivity index (χ3n) is 4.44. The lowest BCUT2D eigenvalue weighted by atomic mass is 10.0. The summed E-state index contributed by atoms with van der Waals surface area (Å²) in [6, 6.07) is 10.4. The molecule has 2 aromatic rings. The summed E-state index contributed by atoms with van der Waals surface area (Å²) in [5.74, 6) is 0.866. The minimum atomic E-state index is -0.261. The summed E-state index contributed by atoms with van der Waals surface area (Å²) < 4.78 is 7.23. The average Bonchev–Trinajstić information content (AvgIpc) is 3.11. The van der Waals surface area contributed by atoms with Crippen molar-refractivity contribution >= 4 is 0 Å². The van der Waals surface area contributed by atoms with E-state index in [0.717, 1.165) is 31.7 Å². The van der Waals surface area contributed by atoms with Gasteiger partial charge in [-0.15, -0.1) is 0 Å². The van der Waals surface area contributed by atoms with Crippen molar-refractivity contribution in [2.24, 2.45) is 7.05 Å². The first-order chi connectivity index (χ1) is 10.7. The lowest BCUT2D eigenvalue weighted by molar-refractivity contribution is 0.175. The number of rotatable bonds is 5. The predicted molar refractivity (Wildman–Crippen MR) is 84.8 cm³/mol. The van der Waals surface area contributed by atoms with Crippen molar-refractivity contribution in [3.63, 3.8) is 0 Å². The number of hydrogen-bond acceptors (Lipinski definition) is 4. The highest BCUT2D eigenvalue weighted by molar-refractivity contribution is 5.31. The van der Waals surface area contributed by atoms with Crippen LogP contribution >= 0.6 is 0 Å². The lowest BCUT2D eigenvalue weighted by Gasteiger charge is -2.24. The standard InChI is InChI=1S/C17H23N3O2/c1-19-14(6-8-18-19)7-9-20-12-15(21)11-17(20)13-4-3-5-16(10-13)22-2/h3-6,8,10,15,17,21H,7,9,11-12H2,1-2H3/t15-,17+/m1/s1. The molecule has 3 rings (SSSR count). The van der Waals surface area contributed by atoms with Crippen LogP contribution < -0.4 is 4.74 Å². The van der Waals surface area contributed by atoms with Crippen LogP contribution in [-0.2, 0) is 13.5 Å². The largest absolute Gasteiger partial charge is 0.497 e. The van der Waals surface area contributed by atoms with Crippen molar-refractivity contribution < 1.29 is 9.84 Å². The Balaban J connectivity index is 1.72. The van der Waals surface area contributed by atoms with E-state index in [1.54, 1.807) is 7.11 Å². The van der Waals surface area contributed by atoms with Crippen LogP contribution in [0.3, 0.4) is 0 Å². The van der Waals surface area contributed by atoms with Gasteiger partial charge >= 0.3 is 0 Å². The summed E-state index contributed by atoms with van der Waals surface area (Å²) in [4.78, 5) is 2.35. The maximum Gasteiger partial charge on any atom is 0.119 e. The van der Waals surface area contributed by atoms with Crippen LogP contribution in [0.25, 0.3) is 0 Å². The van der Waals surface area contributed by atoms with Gasteiger partial charge in [-0.25, -0.2) is 0 Å². The number of methoxy groups -OCH3 is 1. The molecule has 1 aliphatic rings. The first-order valence-electron chi connectivity index (χ1n) is 7.70. The molecule has 2 atom stereocenters. The molecule has 1 aromatic heterocycles. The zero-order valence-corrected chi connectivity index (χ0v) is 13.1. The molecule has 1 aromatic carbocycles. The van der Waals surface area contributed by atoms with Gasteiger partial charge in [0.15, 0.2) is 0 Å². The van der Waals surface area contributed by atoms with Crippen molar-refractivity contribution in [1.29, 1.82) is 0 Å². The summed E-state index contributed by atoms with van der Waals surface area (Å²) in [7, 11) is 3.65. The minimum Gasteiger partial charge on any atom is -0.497 e. The number of nitrogens with zero attached hydrogens (tertiary/aromatic N) is 3. The number of hydrogen-bond donors (Lipinski definition) is 1. The molecule has 22 heavy (non-hydrogen) atoms. The molecule has 0 radical (unpaired) electrons. The number of aliphatic hydroxyl groups is 1. The van der Waals surface area contributed by atoms with E-state index in [1.165, 1.54) is 11.3 Å². The zero-order chi connectivity index (χ0) is 15.5. The molecule has 2 heterocycles. The molecule has 1 aliphatic heterocycles. The zero-order valence-electron chi connectivity index (χ0n) is 13.1. The SMILES string of the molecule is COc1cccc([C@@H]2C[C@@H](O)CN2CCc2ccnn2C)c1. The lowest BCUT2D eigenvalue weighted by Crippen LogP contribution is -2.27. The van der Waals surface area contributed by atoms with Crippen LogP contribution in [0.5, 0.6) is 5.75 Å². The average molecular weight is 301 g/mol. The first-order valence-corrected chi connectivity index (χ1v) is 7.70. The molecule has 1 fully saturated rings. The molecule has 0 unspecified atom stereocenters. The number of ether oxygens (including phenoxy) is 1. The second-order valence-electron chi connectivity index (χ2n) is 5.87. The number of aryl methyl sites for hydroxylation is 1. The van der Waals surface area contributed by atoms with Crippen LogP contribution in [0.1, 0.15) is 23.7 Å². The second-order valence-corrected chi connectivity index (χ2v) is 5.87. The second kappa shape index (κ2) is 6.50. The number of aromatic nitrogens is 2. The van der Waals surface area contributed by atoms with Crippen LogP contribution in [-0.4, -0.2) is 46.1 Å². The summed E-state index contributed by atoms with van der Waals surface area (Å²) in [6.45, 7) is 1.64. The number of β-amino-alcohol motifs (C(OH)–C–C–N with tert-alkyl or cyclic N) is 1. The molecule has 1 N–H and O–H groups in total. The molecule has 0 aliphatic carbocycles. The van der Waals surface area contributed by atoms with E-state index in [9.17, 15) is 5.11 Å². The van der Waals surface area contributed by atoms with E-state index in [-0.39, 0.29) is 12.1 Å². The topological polar surface area (TPSA) is 50.5 Å². The maximum absolute atomic E-state index is 10.1. The predicted octanol–water partition coefficient (Wildman–Crippen LogP) is 1.78. The fraction of sp³-hybridized carbons (Fsp3) is 0.471. The van der Waals surface area contributed by atoms with Gasteiger partial charge in [0.2, 0.25) is 0 Å². The number of benzene rings is 1. The molecule has 5 nitrogen and oxygen atoms in total. The fourth-order valence-corrected chi connectivity index (χ4v) is 3.23. The Bertz CT molecular complexity index is 626. The summed E-state index contributed by atoms with van der Waals surface area (Å²) in [5.41, 5.74) is 2.42. The minimum absolute atomic E-state index is 0.248. The fourth-order valence-electron chi connectivity index (χ4n) is 3.23. The van der Waals surface area contributed by atoms with E-state index >= 15 is 0 Å². The van der Waals surface area contributed by atoms with E-state index < -0.39 is 0 Å². The molecule has 5 heteroatoms. The van der Waals surface area contributed by atoms with Gasteiger partial charge in [0, 0.05) is 44.5 Å². The summed E-state index contributed by atoms with van der Waals surface area (Å²) >= 11 is 0. The summed E-state index contributed by atoms with van der Waals surface area (Å²) in [6.07, 6.45) is 3.28. The molecule has 0 saturated carbocycles. The van der Waals surface area contributed by atoms with Crippen molar-refractivity contribution in [1.82, 2.24) is 14.7 Å². The normalized spacial score (nSPS) is 22.1. The van der Waals surface area contributed by atoms with Crippen LogP contribution in [0.15, 0.2) is 36.5 Å². The molecule has 0 bridgehead atoms. The highest BCUT2D eigenvalue weighted by atomic mass is 16.5. The van der Waals surface area contributed by atoms with Gasteiger partial charge < -0.3 is 9.84 Å². The van der Waals surface area contributed by atoms with Gasteiger partial charge in [-0.05, 0) is 30.2 Å². The quantitative estimate of drug-likeness (QED) is 0.914. The van der Waals surface area contributed by atoms with E-state index in [1.807, 2.05) is 36.1 Å². The Kier molecular flexibility index (Phi) is 4.45. The highest BCUT2D eigenvalue weighted by Gasteiger charge is 2.31. The van der Waals surface area contributed by atoms with Gasteiger partial charge in [-0.1, -0.05) is 12.1 Å². The Morgan fingerprint density at radius 1 is 1.36 bits per heavy atom. The molecule has 0 spiro atoms. The summed E-state index contributed by atoms with van der Waals surface area (Å²) in [5, 5.41) is 14.3. The van der Waals surface area contributed by atoms with Gasteiger partial charge in [0.05, 0.1) is 13.2 Å².